The maximum absolute atomic E-state index is 12.2. The Kier molecular flexibility index (Phi) is 3.39. The molecular weight excluding hydrogens is 289 g/mol. The van der Waals surface area contributed by atoms with Crippen LogP contribution in [0.3, 0.4) is 0 Å². The zero-order valence-corrected chi connectivity index (χ0v) is 11.2. The summed E-state index contributed by atoms with van der Waals surface area (Å²) in [7, 11) is 0. The van der Waals surface area contributed by atoms with Gasteiger partial charge in [-0.25, -0.2) is 9.18 Å². The number of hydrogen-bond acceptors (Lipinski definition) is 5. The third kappa shape index (κ3) is 2.44. The summed E-state index contributed by atoms with van der Waals surface area (Å²) in [5.74, 6) is 0.000702. The van der Waals surface area contributed by atoms with E-state index in [1.807, 2.05) is 6.07 Å². The van der Waals surface area contributed by atoms with Gasteiger partial charge in [-0.15, -0.1) is 10.2 Å². The van der Waals surface area contributed by atoms with Gasteiger partial charge in [0.1, 0.15) is 11.8 Å². The van der Waals surface area contributed by atoms with Crippen molar-refractivity contribution in [1.29, 1.82) is 5.26 Å². The molecule has 0 spiro atoms. The van der Waals surface area contributed by atoms with Crippen molar-refractivity contribution >= 4 is 0 Å². The summed E-state index contributed by atoms with van der Waals surface area (Å²) >= 11 is 0. The molecule has 1 saturated carbocycles. The highest BCUT2D eigenvalue weighted by molar-refractivity contribution is 5.58. The van der Waals surface area contributed by atoms with Crippen molar-refractivity contribution in [1.82, 2.24) is 20.2 Å². The van der Waals surface area contributed by atoms with Crippen LogP contribution in [0.2, 0.25) is 0 Å². The Hall–Kier alpha value is -3.08. The number of hydrogen-bond donors (Lipinski definition) is 2. The molecule has 0 saturated heterocycles. The summed E-state index contributed by atoms with van der Waals surface area (Å²) in [6, 6.07) is 3.54. The van der Waals surface area contributed by atoms with Crippen LogP contribution in [0.15, 0.2) is 34.3 Å². The predicted molar refractivity (Wildman–Crippen MR) is 74.5 cm³/mol. The molecule has 0 bridgehead atoms. The number of rotatable bonds is 3. The summed E-state index contributed by atoms with van der Waals surface area (Å²) in [5, 5.41) is 16.8. The monoisotopic (exact) mass is 299 g/mol. The van der Waals surface area contributed by atoms with Gasteiger partial charge in [0.05, 0.1) is 11.9 Å². The number of aromatic nitrogens is 4. The Morgan fingerprint density at radius 2 is 2.23 bits per heavy atom. The molecule has 7 nitrogen and oxygen atoms in total. The fraction of sp³-hybridized carbons (Fsp3) is 0.214. The number of aromatic amines is 2. The molecule has 0 radical (unpaired) electrons. The second-order valence-corrected chi connectivity index (χ2v) is 4.96. The van der Waals surface area contributed by atoms with Crippen LogP contribution in [0, 0.1) is 17.2 Å². The van der Waals surface area contributed by atoms with Gasteiger partial charge in [-0.05, 0) is 29.9 Å². The standard InChI is InChI=1S/C14H10FN5O2/c15-2-1-7-3-8(7)9-4-11(19-20-12(9)5-16)10-6-17-14(22)18-13(10)21/h1-2,4,6-8H,3H2,(H2,17,18,21,22)/b2-1+/t7-,8-/m0/s1. The molecule has 0 amide bonds. The van der Waals surface area contributed by atoms with Gasteiger partial charge in [0.15, 0.2) is 5.69 Å². The topological polar surface area (TPSA) is 115 Å². The molecule has 0 aliphatic heterocycles. The van der Waals surface area contributed by atoms with E-state index in [1.165, 1.54) is 12.3 Å². The van der Waals surface area contributed by atoms with Gasteiger partial charge in [-0.3, -0.25) is 9.78 Å². The first-order valence-corrected chi connectivity index (χ1v) is 6.51. The fourth-order valence-electron chi connectivity index (χ4n) is 2.39. The summed E-state index contributed by atoms with van der Waals surface area (Å²) in [4.78, 5) is 27.3. The third-order valence-corrected chi connectivity index (χ3v) is 3.58. The Morgan fingerprint density at radius 1 is 1.41 bits per heavy atom. The predicted octanol–water partition coefficient (Wildman–Crippen LogP) is 0.979. The van der Waals surface area contributed by atoms with Gasteiger partial charge in [0.2, 0.25) is 0 Å². The highest BCUT2D eigenvalue weighted by atomic mass is 19.1. The molecule has 22 heavy (non-hydrogen) atoms. The van der Waals surface area contributed by atoms with Crippen LogP contribution in [0.5, 0.6) is 0 Å². The smallest absolute Gasteiger partial charge is 0.313 e. The van der Waals surface area contributed by atoms with Crippen molar-refractivity contribution in [2.24, 2.45) is 5.92 Å². The van der Waals surface area contributed by atoms with E-state index in [2.05, 4.69) is 20.2 Å². The number of H-pyrrole nitrogens is 2. The Labute approximate surface area is 123 Å². The first-order valence-electron chi connectivity index (χ1n) is 6.51. The molecule has 2 aromatic rings. The van der Waals surface area contributed by atoms with Crippen molar-refractivity contribution in [3.05, 3.63) is 56.8 Å². The Bertz CT molecular complexity index is 908. The van der Waals surface area contributed by atoms with Crippen LogP contribution in [0.4, 0.5) is 4.39 Å². The second kappa shape index (κ2) is 5.37. The molecular formula is C14H10FN5O2. The first kappa shape index (κ1) is 13.9. The maximum atomic E-state index is 12.2. The normalized spacial score (nSPS) is 20.0. The summed E-state index contributed by atoms with van der Waals surface area (Å²) in [6.07, 6.45) is 3.87. The lowest BCUT2D eigenvalue weighted by molar-refractivity contribution is 0.710. The van der Waals surface area contributed by atoms with E-state index in [0.29, 0.717) is 18.3 Å². The van der Waals surface area contributed by atoms with E-state index in [4.69, 9.17) is 5.26 Å². The van der Waals surface area contributed by atoms with Gasteiger partial charge in [0, 0.05) is 6.20 Å². The molecule has 2 aromatic heterocycles. The highest BCUT2D eigenvalue weighted by Crippen LogP contribution is 2.49. The summed E-state index contributed by atoms with van der Waals surface area (Å²) in [5.41, 5.74) is -0.0290. The molecule has 3 rings (SSSR count). The van der Waals surface area contributed by atoms with Gasteiger partial charge in [-0.1, -0.05) is 6.08 Å². The molecule has 1 aliphatic rings. The molecule has 110 valence electrons. The summed E-state index contributed by atoms with van der Waals surface area (Å²) < 4.78 is 12.2. The number of nitriles is 1. The van der Waals surface area contributed by atoms with Crippen molar-refractivity contribution in [3.8, 4) is 17.3 Å². The first-order chi connectivity index (χ1) is 10.6. The van der Waals surface area contributed by atoms with Gasteiger partial charge >= 0.3 is 5.69 Å². The van der Waals surface area contributed by atoms with Crippen LogP contribution in [-0.2, 0) is 0 Å². The molecule has 1 aliphatic carbocycles. The molecule has 2 heterocycles. The van der Waals surface area contributed by atoms with E-state index in [-0.39, 0.29) is 28.8 Å². The summed E-state index contributed by atoms with van der Waals surface area (Å²) in [6.45, 7) is 0. The van der Waals surface area contributed by atoms with Crippen LogP contribution < -0.4 is 11.2 Å². The minimum absolute atomic E-state index is 0.0160. The van der Waals surface area contributed by atoms with Crippen molar-refractivity contribution < 1.29 is 4.39 Å². The van der Waals surface area contributed by atoms with Gasteiger partial charge < -0.3 is 4.98 Å². The van der Waals surface area contributed by atoms with E-state index in [1.54, 1.807) is 6.07 Å². The van der Waals surface area contributed by atoms with Crippen molar-refractivity contribution in [2.75, 3.05) is 0 Å². The van der Waals surface area contributed by atoms with Crippen LogP contribution in [0.25, 0.3) is 11.3 Å². The molecule has 1 fully saturated rings. The Morgan fingerprint density at radius 3 is 2.91 bits per heavy atom. The largest absolute Gasteiger partial charge is 0.325 e. The fourth-order valence-corrected chi connectivity index (χ4v) is 2.39. The van der Waals surface area contributed by atoms with Crippen molar-refractivity contribution in [2.45, 2.75) is 12.3 Å². The highest BCUT2D eigenvalue weighted by Gasteiger charge is 2.38. The van der Waals surface area contributed by atoms with Gasteiger partial charge in [-0.2, -0.15) is 5.26 Å². The van der Waals surface area contributed by atoms with Crippen LogP contribution >= 0.6 is 0 Å². The minimum atomic E-state index is -0.620. The zero-order chi connectivity index (χ0) is 15.7. The van der Waals surface area contributed by atoms with Crippen LogP contribution in [0.1, 0.15) is 23.6 Å². The van der Waals surface area contributed by atoms with Crippen molar-refractivity contribution in [3.63, 3.8) is 0 Å². The molecule has 2 atom stereocenters. The molecule has 0 unspecified atom stereocenters. The lowest BCUT2D eigenvalue weighted by Gasteiger charge is -2.04. The lowest BCUT2D eigenvalue weighted by Crippen LogP contribution is -2.23. The quantitative estimate of drug-likeness (QED) is 0.876. The minimum Gasteiger partial charge on any atom is -0.313 e. The number of allylic oxidation sites excluding steroid dienone is 1. The Balaban J connectivity index is 2.06. The number of nitrogens with zero attached hydrogens (tertiary/aromatic N) is 3. The average molecular weight is 299 g/mol. The van der Waals surface area contributed by atoms with E-state index in [9.17, 15) is 14.0 Å². The number of halogens is 1. The zero-order valence-electron chi connectivity index (χ0n) is 11.2. The lowest BCUT2D eigenvalue weighted by atomic mass is 10.1. The SMILES string of the molecule is N#Cc1nnc(-c2c[nH]c(=O)[nH]c2=O)cc1[C@H]1C[C@@H]1/C=C/F. The van der Waals surface area contributed by atoms with E-state index >= 15 is 0 Å². The number of nitrogens with one attached hydrogen (secondary N) is 2. The molecule has 8 heteroatoms. The van der Waals surface area contributed by atoms with Gasteiger partial charge in [0.25, 0.3) is 5.56 Å². The maximum Gasteiger partial charge on any atom is 0.325 e. The van der Waals surface area contributed by atoms with E-state index < -0.39 is 11.2 Å². The third-order valence-electron chi connectivity index (χ3n) is 3.58. The second-order valence-electron chi connectivity index (χ2n) is 4.96. The van der Waals surface area contributed by atoms with E-state index in [0.717, 1.165) is 0 Å². The average Bonchev–Trinajstić information content (AvgIpc) is 3.26. The van der Waals surface area contributed by atoms with Crippen LogP contribution in [-0.4, -0.2) is 20.2 Å². The molecule has 0 aromatic carbocycles. The molecule has 2 N–H and O–H groups in total.